The molecule has 0 saturated heterocycles. The number of hydrogen-bond acceptors (Lipinski definition) is 4. The third kappa shape index (κ3) is 10.8. The minimum Gasteiger partial charge on any atom is -0.497 e. The lowest BCUT2D eigenvalue weighted by Gasteiger charge is -2.23. The average molecular weight is 439 g/mol. The van der Waals surface area contributed by atoms with Crippen LogP contribution in [0.4, 0.5) is 0 Å². The number of hydrogen-bond donors (Lipinski definition) is 1. The third-order valence-electron chi connectivity index (χ3n) is 5.28. The molecular weight excluding hydrogens is 400 g/mol. The number of ether oxygens (including phenoxy) is 3. The summed E-state index contributed by atoms with van der Waals surface area (Å²) >= 11 is 0. The molecule has 0 fully saturated rings. The molecule has 0 aromatic heterocycles. The van der Waals surface area contributed by atoms with E-state index in [0.29, 0.717) is 26.1 Å². The lowest BCUT2D eigenvalue weighted by atomic mass is 10.1. The first-order chi connectivity index (χ1) is 15.6. The lowest BCUT2D eigenvalue weighted by Crippen LogP contribution is -2.25. The molecule has 0 heterocycles. The van der Waals surface area contributed by atoms with Gasteiger partial charge in [0.25, 0.3) is 0 Å². The van der Waals surface area contributed by atoms with Crippen LogP contribution >= 0.6 is 0 Å². The maximum absolute atomic E-state index is 10.5. The minimum absolute atomic E-state index is 0.000729. The molecule has 174 valence electrons. The molecule has 0 bridgehead atoms. The molecule has 4 nitrogen and oxygen atoms in total. The smallest absolute Gasteiger partial charge is 0.118 e. The van der Waals surface area contributed by atoms with Crippen molar-refractivity contribution in [3.63, 3.8) is 0 Å². The van der Waals surface area contributed by atoms with Crippen molar-refractivity contribution in [1.29, 1.82) is 0 Å². The van der Waals surface area contributed by atoms with E-state index in [1.165, 1.54) is 12.8 Å². The van der Waals surface area contributed by atoms with Gasteiger partial charge in [-0.15, -0.1) is 5.92 Å². The van der Waals surface area contributed by atoms with Crippen molar-refractivity contribution in [2.24, 2.45) is 0 Å². The number of methoxy groups -OCH3 is 1. The van der Waals surface area contributed by atoms with Crippen LogP contribution < -0.4 is 4.74 Å². The zero-order valence-corrected chi connectivity index (χ0v) is 19.8. The predicted molar refractivity (Wildman–Crippen MR) is 129 cm³/mol. The molecule has 3 atom stereocenters. The Bertz CT molecular complexity index is 792. The minimum atomic E-state index is -0.696. The summed E-state index contributed by atoms with van der Waals surface area (Å²) < 4.78 is 17.4. The first-order valence-corrected chi connectivity index (χ1v) is 11.7. The van der Waals surface area contributed by atoms with E-state index in [1.807, 2.05) is 42.5 Å². The van der Waals surface area contributed by atoms with Gasteiger partial charge < -0.3 is 19.3 Å². The second kappa shape index (κ2) is 15.5. The number of unbranched alkanes of at least 4 members (excludes halogenated alkanes) is 3. The van der Waals surface area contributed by atoms with E-state index in [9.17, 15) is 5.11 Å². The molecule has 0 aliphatic rings. The van der Waals surface area contributed by atoms with Crippen LogP contribution in [-0.4, -0.2) is 30.5 Å². The lowest BCUT2D eigenvalue weighted by molar-refractivity contribution is -0.0355. The summed E-state index contributed by atoms with van der Waals surface area (Å²) in [6.07, 6.45) is 4.58. The molecule has 0 radical (unpaired) electrons. The molecule has 1 unspecified atom stereocenters. The Hall–Kier alpha value is -2.32. The van der Waals surface area contributed by atoms with Gasteiger partial charge in [-0.05, 0) is 43.0 Å². The summed E-state index contributed by atoms with van der Waals surface area (Å²) in [4.78, 5) is 0. The SMILES string of the molecule is CCCCCC#CC(O)C[C@@H](C[C@H](C)OCc1ccccc1)OCc1ccc(OC)cc1. The van der Waals surface area contributed by atoms with Gasteiger partial charge in [-0.25, -0.2) is 0 Å². The third-order valence-corrected chi connectivity index (χ3v) is 5.28. The van der Waals surface area contributed by atoms with Crippen LogP contribution in [-0.2, 0) is 22.7 Å². The second-order valence-corrected chi connectivity index (χ2v) is 8.15. The molecule has 1 N–H and O–H groups in total. The standard InChI is InChI=1S/C28H38O4/c1-4-5-6-7-11-14-26(29)20-28(32-22-25-15-17-27(30-3)18-16-25)19-23(2)31-21-24-12-9-8-10-13-24/h8-10,12-13,15-18,23,26,28-29H,4-7,19-22H2,1-3H3/t23-,26?,28+/m0/s1. The van der Waals surface area contributed by atoms with Crippen molar-refractivity contribution in [2.45, 2.75) is 83.9 Å². The fourth-order valence-electron chi connectivity index (χ4n) is 3.38. The molecular formula is C28H38O4. The molecule has 0 aliphatic carbocycles. The Morgan fingerprint density at radius 3 is 2.25 bits per heavy atom. The number of rotatable bonds is 14. The number of benzene rings is 2. The molecule has 0 spiro atoms. The summed E-state index contributed by atoms with van der Waals surface area (Å²) in [6.45, 7) is 5.26. The number of aliphatic hydroxyl groups is 1. The molecule has 2 rings (SSSR count). The van der Waals surface area contributed by atoms with Crippen LogP contribution in [0, 0.1) is 11.8 Å². The Morgan fingerprint density at radius 1 is 0.875 bits per heavy atom. The van der Waals surface area contributed by atoms with E-state index >= 15 is 0 Å². The van der Waals surface area contributed by atoms with E-state index < -0.39 is 6.10 Å². The fourth-order valence-corrected chi connectivity index (χ4v) is 3.38. The molecule has 32 heavy (non-hydrogen) atoms. The molecule has 0 saturated carbocycles. The summed E-state index contributed by atoms with van der Waals surface area (Å²) in [6, 6.07) is 18.0. The predicted octanol–water partition coefficient (Wildman–Crippen LogP) is 5.91. The van der Waals surface area contributed by atoms with Crippen LogP contribution in [0.5, 0.6) is 5.75 Å². The van der Waals surface area contributed by atoms with Gasteiger partial charge in [-0.1, -0.05) is 68.2 Å². The summed E-state index contributed by atoms with van der Waals surface area (Å²) in [5.41, 5.74) is 2.21. The van der Waals surface area contributed by atoms with Crippen molar-refractivity contribution in [3.05, 3.63) is 65.7 Å². The van der Waals surface area contributed by atoms with Crippen LogP contribution in [0.25, 0.3) is 0 Å². The second-order valence-electron chi connectivity index (χ2n) is 8.15. The van der Waals surface area contributed by atoms with Gasteiger partial charge in [0.2, 0.25) is 0 Å². The number of aliphatic hydroxyl groups excluding tert-OH is 1. The van der Waals surface area contributed by atoms with E-state index in [4.69, 9.17) is 14.2 Å². The van der Waals surface area contributed by atoms with E-state index in [1.54, 1.807) is 7.11 Å². The molecule has 4 heteroatoms. The first-order valence-electron chi connectivity index (χ1n) is 11.7. The van der Waals surface area contributed by atoms with Gasteiger partial charge in [-0.3, -0.25) is 0 Å². The van der Waals surface area contributed by atoms with Gasteiger partial charge in [-0.2, -0.15) is 0 Å². The topological polar surface area (TPSA) is 47.9 Å². The van der Waals surface area contributed by atoms with Crippen molar-refractivity contribution < 1.29 is 19.3 Å². The summed E-state index contributed by atoms with van der Waals surface area (Å²) in [7, 11) is 1.66. The van der Waals surface area contributed by atoms with Gasteiger partial charge in [0.15, 0.2) is 0 Å². The van der Waals surface area contributed by atoms with Gasteiger partial charge in [0.1, 0.15) is 11.9 Å². The first kappa shape index (κ1) is 25.9. The van der Waals surface area contributed by atoms with E-state index in [0.717, 1.165) is 29.7 Å². The van der Waals surface area contributed by atoms with Crippen molar-refractivity contribution in [2.75, 3.05) is 7.11 Å². The largest absolute Gasteiger partial charge is 0.497 e. The molecule has 2 aromatic carbocycles. The van der Waals surface area contributed by atoms with Gasteiger partial charge >= 0.3 is 0 Å². The normalized spacial score (nSPS) is 13.6. The van der Waals surface area contributed by atoms with Gasteiger partial charge in [0, 0.05) is 12.8 Å². The average Bonchev–Trinajstić information content (AvgIpc) is 2.82. The summed E-state index contributed by atoms with van der Waals surface area (Å²) in [5.74, 6) is 6.92. The van der Waals surface area contributed by atoms with Gasteiger partial charge in [0.05, 0.1) is 32.5 Å². The van der Waals surface area contributed by atoms with Crippen LogP contribution in [0.1, 0.15) is 63.5 Å². The summed E-state index contributed by atoms with van der Waals surface area (Å²) in [5, 5.41) is 10.5. The fraction of sp³-hybridized carbons (Fsp3) is 0.500. The van der Waals surface area contributed by atoms with E-state index in [2.05, 4.69) is 37.8 Å². The highest BCUT2D eigenvalue weighted by Crippen LogP contribution is 2.18. The maximum atomic E-state index is 10.5. The zero-order valence-electron chi connectivity index (χ0n) is 19.8. The Kier molecular flexibility index (Phi) is 12.5. The quantitative estimate of drug-likeness (QED) is 0.294. The van der Waals surface area contributed by atoms with Crippen LogP contribution in [0.15, 0.2) is 54.6 Å². The maximum Gasteiger partial charge on any atom is 0.118 e. The Morgan fingerprint density at radius 2 is 1.56 bits per heavy atom. The molecule has 0 amide bonds. The Balaban J connectivity index is 1.90. The highest BCUT2D eigenvalue weighted by Gasteiger charge is 2.18. The van der Waals surface area contributed by atoms with E-state index in [-0.39, 0.29) is 12.2 Å². The van der Waals surface area contributed by atoms with Crippen molar-refractivity contribution in [3.8, 4) is 17.6 Å². The van der Waals surface area contributed by atoms with Crippen LogP contribution in [0.2, 0.25) is 0 Å². The van der Waals surface area contributed by atoms with Crippen molar-refractivity contribution in [1.82, 2.24) is 0 Å². The van der Waals surface area contributed by atoms with Crippen LogP contribution in [0.3, 0.4) is 0 Å². The highest BCUT2D eigenvalue weighted by molar-refractivity contribution is 5.26. The molecule has 0 aliphatic heterocycles. The monoisotopic (exact) mass is 438 g/mol. The van der Waals surface area contributed by atoms with Crippen molar-refractivity contribution >= 4 is 0 Å². The molecule has 2 aromatic rings. The zero-order chi connectivity index (χ0) is 23.0. The Labute approximate surface area is 193 Å². The highest BCUT2D eigenvalue weighted by atomic mass is 16.5.